The molecule has 0 aliphatic heterocycles. The van der Waals surface area contributed by atoms with Gasteiger partial charge in [0.15, 0.2) is 0 Å². The Kier molecular flexibility index (Phi) is 5.25. The van der Waals surface area contributed by atoms with Crippen LogP contribution in [0.2, 0.25) is 0 Å². The summed E-state index contributed by atoms with van der Waals surface area (Å²) in [5, 5.41) is 11.5. The Morgan fingerprint density at radius 1 is 1.53 bits per heavy atom. The molecule has 0 fully saturated rings. The quantitative estimate of drug-likeness (QED) is 0.777. The molecule has 1 aromatic rings. The Balaban J connectivity index is 2.79. The molecule has 0 aliphatic rings. The van der Waals surface area contributed by atoms with E-state index in [1.807, 2.05) is 31.2 Å². The van der Waals surface area contributed by atoms with E-state index in [4.69, 9.17) is 5.11 Å². The highest BCUT2D eigenvalue weighted by atomic mass is 16.2. The SMILES string of the molecule is CC(=O)NC(C)c1cccc(C#CCCO)c1. The lowest BCUT2D eigenvalue weighted by molar-refractivity contribution is -0.119. The van der Waals surface area contributed by atoms with Gasteiger partial charge < -0.3 is 10.4 Å². The van der Waals surface area contributed by atoms with Crippen LogP contribution in [0.1, 0.15) is 37.4 Å². The standard InChI is InChI=1S/C14H17NO2/c1-11(15-12(2)17)14-8-5-7-13(10-14)6-3-4-9-16/h5,7-8,10-11,16H,4,9H2,1-2H3,(H,15,17). The van der Waals surface area contributed by atoms with Gasteiger partial charge in [0.2, 0.25) is 5.91 Å². The summed E-state index contributed by atoms with van der Waals surface area (Å²) in [5.74, 6) is 5.80. The molecule has 0 bridgehead atoms. The number of nitrogens with one attached hydrogen (secondary N) is 1. The van der Waals surface area contributed by atoms with Crippen molar-refractivity contribution in [3.05, 3.63) is 35.4 Å². The van der Waals surface area contributed by atoms with E-state index in [0.717, 1.165) is 11.1 Å². The van der Waals surface area contributed by atoms with E-state index >= 15 is 0 Å². The van der Waals surface area contributed by atoms with E-state index in [0.29, 0.717) is 6.42 Å². The van der Waals surface area contributed by atoms with Gasteiger partial charge in [-0.3, -0.25) is 4.79 Å². The molecule has 1 rings (SSSR count). The third-order valence-corrected chi connectivity index (χ3v) is 2.28. The van der Waals surface area contributed by atoms with Crippen LogP contribution < -0.4 is 5.32 Å². The second kappa shape index (κ2) is 6.72. The van der Waals surface area contributed by atoms with E-state index in [2.05, 4.69) is 17.2 Å². The van der Waals surface area contributed by atoms with Crippen LogP contribution in [-0.4, -0.2) is 17.6 Å². The molecule has 1 unspecified atom stereocenters. The Labute approximate surface area is 102 Å². The lowest BCUT2D eigenvalue weighted by Crippen LogP contribution is -2.23. The van der Waals surface area contributed by atoms with Gasteiger partial charge in [-0.2, -0.15) is 0 Å². The highest BCUT2D eigenvalue weighted by Gasteiger charge is 2.05. The first-order chi connectivity index (χ1) is 8.13. The third-order valence-electron chi connectivity index (χ3n) is 2.28. The van der Waals surface area contributed by atoms with Crippen molar-refractivity contribution in [2.75, 3.05) is 6.61 Å². The number of hydrogen-bond donors (Lipinski definition) is 2. The van der Waals surface area contributed by atoms with Gasteiger partial charge >= 0.3 is 0 Å². The van der Waals surface area contributed by atoms with Crippen molar-refractivity contribution in [3.8, 4) is 11.8 Å². The maximum atomic E-state index is 11.0. The Morgan fingerprint density at radius 3 is 2.94 bits per heavy atom. The van der Waals surface area contributed by atoms with E-state index in [1.54, 1.807) is 0 Å². The van der Waals surface area contributed by atoms with Gasteiger partial charge in [-0.25, -0.2) is 0 Å². The molecule has 3 heteroatoms. The number of aliphatic hydroxyl groups excluding tert-OH is 1. The smallest absolute Gasteiger partial charge is 0.217 e. The average Bonchev–Trinajstić information content (AvgIpc) is 2.29. The number of rotatable bonds is 3. The molecule has 1 atom stereocenters. The van der Waals surface area contributed by atoms with Crippen LogP contribution in [-0.2, 0) is 4.79 Å². The minimum Gasteiger partial charge on any atom is -0.395 e. The van der Waals surface area contributed by atoms with Crippen LogP contribution in [0.25, 0.3) is 0 Å². The molecule has 0 spiro atoms. The molecule has 1 aromatic carbocycles. The maximum Gasteiger partial charge on any atom is 0.217 e. The molecule has 0 saturated heterocycles. The van der Waals surface area contributed by atoms with E-state index < -0.39 is 0 Å². The molecule has 90 valence electrons. The van der Waals surface area contributed by atoms with Gasteiger partial charge in [0.1, 0.15) is 0 Å². The van der Waals surface area contributed by atoms with Crippen molar-refractivity contribution in [2.45, 2.75) is 26.3 Å². The molecule has 0 aromatic heterocycles. The molecule has 2 N–H and O–H groups in total. The van der Waals surface area contributed by atoms with Gasteiger partial charge in [0.25, 0.3) is 0 Å². The topological polar surface area (TPSA) is 49.3 Å². The number of benzene rings is 1. The Hall–Kier alpha value is -1.79. The first-order valence-corrected chi connectivity index (χ1v) is 5.60. The highest BCUT2D eigenvalue weighted by molar-refractivity contribution is 5.73. The van der Waals surface area contributed by atoms with Crippen molar-refractivity contribution < 1.29 is 9.90 Å². The number of aliphatic hydroxyl groups is 1. The number of hydrogen-bond acceptors (Lipinski definition) is 2. The van der Waals surface area contributed by atoms with E-state index in [-0.39, 0.29) is 18.6 Å². The lowest BCUT2D eigenvalue weighted by Gasteiger charge is -2.12. The predicted molar refractivity (Wildman–Crippen MR) is 67.3 cm³/mol. The third kappa shape index (κ3) is 4.71. The normalized spacial score (nSPS) is 11.2. The zero-order valence-electron chi connectivity index (χ0n) is 10.2. The predicted octanol–water partition coefficient (Wildman–Crippen LogP) is 1.62. The molecule has 17 heavy (non-hydrogen) atoms. The lowest BCUT2D eigenvalue weighted by atomic mass is 10.1. The maximum absolute atomic E-state index is 11.0. The van der Waals surface area contributed by atoms with Crippen LogP contribution in [0.3, 0.4) is 0 Å². The molecule has 1 amide bonds. The summed E-state index contributed by atoms with van der Waals surface area (Å²) >= 11 is 0. The van der Waals surface area contributed by atoms with Crippen molar-refractivity contribution in [1.82, 2.24) is 5.32 Å². The zero-order valence-corrected chi connectivity index (χ0v) is 10.2. The van der Waals surface area contributed by atoms with E-state index in [1.165, 1.54) is 6.92 Å². The molecule has 0 radical (unpaired) electrons. The van der Waals surface area contributed by atoms with Gasteiger partial charge in [-0.1, -0.05) is 24.0 Å². The molecule has 0 saturated carbocycles. The molecule has 0 heterocycles. The Morgan fingerprint density at radius 2 is 2.29 bits per heavy atom. The van der Waals surface area contributed by atoms with Gasteiger partial charge in [0.05, 0.1) is 12.6 Å². The zero-order chi connectivity index (χ0) is 12.7. The molecule has 0 aliphatic carbocycles. The monoisotopic (exact) mass is 231 g/mol. The number of carbonyl (C=O) groups is 1. The number of carbonyl (C=O) groups excluding carboxylic acids is 1. The van der Waals surface area contributed by atoms with Crippen LogP contribution in [0.5, 0.6) is 0 Å². The summed E-state index contributed by atoms with van der Waals surface area (Å²) in [6.07, 6.45) is 0.478. The fraction of sp³-hybridized carbons (Fsp3) is 0.357. The van der Waals surface area contributed by atoms with Crippen molar-refractivity contribution in [3.63, 3.8) is 0 Å². The summed E-state index contributed by atoms with van der Waals surface area (Å²) in [4.78, 5) is 11.0. The minimum atomic E-state index is -0.0470. The minimum absolute atomic E-state index is 0.0212. The van der Waals surface area contributed by atoms with Gasteiger partial charge in [-0.15, -0.1) is 0 Å². The summed E-state index contributed by atoms with van der Waals surface area (Å²) in [7, 11) is 0. The largest absolute Gasteiger partial charge is 0.395 e. The van der Waals surface area contributed by atoms with Gasteiger partial charge in [-0.05, 0) is 24.6 Å². The van der Waals surface area contributed by atoms with Crippen molar-refractivity contribution >= 4 is 5.91 Å². The first kappa shape index (κ1) is 13.3. The summed E-state index contributed by atoms with van der Waals surface area (Å²) in [5.41, 5.74) is 1.92. The van der Waals surface area contributed by atoms with Crippen molar-refractivity contribution in [1.29, 1.82) is 0 Å². The van der Waals surface area contributed by atoms with Crippen molar-refractivity contribution in [2.24, 2.45) is 0 Å². The highest BCUT2D eigenvalue weighted by Crippen LogP contribution is 2.13. The van der Waals surface area contributed by atoms with Gasteiger partial charge in [0, 0.05) is 18.9 Å². The average molecular weight is 231 g/mol. The summed E-state index contributed by atoms with van der Waals surface area (Å²) in [6.45, 7) is 3.51. The fourth-order valence-corrected chi connectivity index (χ4v) is 1.49. The number of amides is 1. The molecule has 3 nitrogen and oxygen atoms in total. The second-order valence-corrected chi connectivity index (χ2v) is 3.82. The van der Waals surface area contributed by atoms with Crippen LogP contribution in [0, 0.1) is 11.8 Å². The van der Waals surface area contributed by atoms with Crippen LogP contribution >= 0.6 is 0 Å². The van der Waals surface area contributed by atoms with Crippen LogP contribution in [0.4, 0.5) is 0 Å². The van der Waals surface area contributed by atoms with E-state index in [9.17, 15) is 4.79 Å². The first-order valence-electron chi connectivity index (χ1n) is 5.60. The van der Waals surface area contributed by atoms with Crippen LogP contribution in [0.15, 0.2) is 24.3 Å². The fourth-order valence-electron chi connectivity index (χ4n) is 1.49. The Bertz CT molecular complexity index is 443. The summed E-state index contributed by atoms with van der Waals surface area (Å²) < 4.78 is 0. The summed E-state index contributed by atoms with van der Waals surface area (Å²) in [6, 6.07) is 7.71. The molecular weight excluding hydrogens is 214 g/mol. The molecular formula is C14H17NO2. The second-order valence-electron chi connectivity index (χ2n) is 3.82.